The van der Waals surface area contributed by atoms with E-state index in [0.29, 0.717) is 0 Å². The molecule has 84 valence electrons. The zero-order chi connectivity index (χ0) is 11.1. The van der Waals surface area contributed by atoms with Crippen LogP contribution in [0.15, 0.2) is 18.5 Å². The second kappa shape index (κ2) is 6.19. The summed E-state index contributed by atoms with van der Waals surface area (Å²) in [5.74, 6) is -0.774. The van der Waals surface area contributed by atoms with Gasteiger partial charge in [-0.25, -0.2) is 0 Å². The summed E-state index contributed by atoms with van der Waals surface area (Å²) in [5, 5.41) is 12.8. The molecule has 0 aliphatic rings. The fourth-order valence-corrected chi connectivity index (χ4v) is 1.45. The van der Waals surface area contributed by atoms with Gasteiger partial charge >= 0.3 is 5.97 Å². The number of carbonyl (C=O) groups is 1. The quantitative estimate of drug-likeness (QED) is 0.720. The van der Waals surface area contributed by atoms with Gasteiger partial charge in [0.15, 0.2) is 0 Å². The summed E-state index contributed by atoms with van der Waals surface area (Å²) in [5.41, 5.74) is 0. The van der Waals surface area contributed by atoms with Crippen molar-refractivity contribution in [1.29, 1.82) is 0 Å². The number of carboxylic acid groups (broad SMARTS) is 1. The van der Waals surface area contributed by atoms with Crippen LogP contribution < -0.4 is 0 Å². The van der Waals surface area contributed by atoms with Crippen molar-refractivity contribution in [1.82, 2.24) is 14.7 Å². The van der Waals surface area contributed by atoms with Crippen LogP contribution in [-0.4, -0.2) is 45.4 Å². The van der Waals surface area contributed by atoms with E-state index in [1.54, 1.807) is 6.20 Å². The van der Waals surface area contributed by atoms with E-state index in [0.717, 1.165) is 26.1 Å². The number of carboxylic acids is 1. The molecule has 1 aromatic heterocycles. The first kappa shape index (κ1) is 11.7. The summed E-state index contributed by atoms with van der Waals surface area (Å²) < 4.78 is 1.81. The monoisotopic (exact) mass is 211 g/mol. The Kier molecular flexibility index (Phi) is 4.83. The molecule has 0 unspecified atom stereocenters. The Balaban J connectivity index is 2.34. The Morgan fingerprint density at radius 2 is 2.33 bits per heavy atom. The summed E-state index contributed by atoms with van der Waals surface area (Å²) in [6.07, 6.45) is 4.57. The van der Waals surface area contributed by atoms with E-state index >= 15 is 0 Å². The predicted molar refractivity (Wildman–Crippen MR) is 56.6 cm³/mol. The molecule has 0 saturated carbocycles. The normalized spacial score (nSPS) is 10.8. The summed E-state index contributed by atoms with van der Waals surface area (Å²) in [6.45, 7) is 4.42. The Labute approximate surface area is 89.3 Å². The van der Waals surface area contributed by atoms with Crippen molar-refractivity contribution >= 4 is 5.97 Å². The van der Waals surface area contributed by atoms with E-state index in [1.165, 1.54) is 0 Å². The minimum Gasteiger partial charge on any atom is -0.480 e. The highest BCUT2D eigenvalue weighted by atomic mass is 16.4. The van der Waals surface area contributed by atoms with Crippen molar-refractivity contribution < 1.29 is 9.90 Å². The average molecular weight is 211 g/mol. The third-order valence-corrected chi connectivity index (χ3v) is 2.10. The standard InChI is InChI=1S/C10H17N3O2/c1-2-5-12(9-10(14)15)7-8-13-6-3-4-11-13/h3-4,6H,2,5,7-9H2,1H3,(H,14,15). The minimum absolute atomic E-state index is 0.106. The fourth-order valence-electron chi connectivity index (χ4n) is 1.45. The molecule has 5 nitrogen and oxygen atoms in total. The van der Waals surface area contributed by atoms with Gasteiger partial charge in [0.25, 0.3) is 0 Å². The van der Waals surface area contributed by atoms with E-state index < -0.39 is 5.97 Å². The molecule has 0 amide bonds. The van der Waals surface area contributed by atoms with Gasteiger partial charge in [-0.2, -0.15) is 5.10 Å². The summed E-state index contributed by atoms with van der Waals surface area (Å²) in [6, 6.07) is 1.86. The number of rotatable bonds is 7. The molecule has 1 N–H and O–H groups in total. The van der Waals surface area contributed by atoms with Gasteiger partial charge in [0.05, 0.1) is 13.1 Å². The van der Waals surface area contributed by atoms with Crippen LogP contribution in [0.4, 0.5) is 0 Å². The second-order valence-electron chi connectivity index (χ2n) is 3.44. The molecule has 0 aromatic carbocycles. The molecule has 15 heavy (non-hydrogen) atoms. The van der Waals surface area contributed by atoms with E-state index in [1.807, 2.05) is 28.8 Å². The summed E-state index contributed by atoms with van der Waals surface area (Å²) >= 11 is 0. The maximum atomic E-state index is 10.6. The molecule has 0 spiro atoms. The number of hydrogen-bond acceptors (Lipinski definition) is 3. The molecule has 0 radical (unpaired) electrons. The van der Waals surface area contributed by atoms with Crippen LogP contribution in [0.5, 0.6) is 0 Å². The van der Waals surface area contributed by atoms with Gasteiger partial charge in [-0.1, -0.05) is 6.92 Å². The molecule has 1 aromatic rings. The zero-order valence-corrected chi connectivity index (χ0v) is 8.96. The number of aromatic nitrogens is 2. The van der Waals surface area contributed by atoms with Gasteiger partial charge in [0, 0.05) is 18.9 Å². The largest absolute Gasteiger partial charge is 0.480 e. The van der Waals surface area contributed by atoms with Crippen LogP contribution in [-0.2, 0) is 11.3 Å². The molecule has 1 rings (SSSR count). The first-order chi connectivity index (χ1) is 7.22. The Morgan fingerprint density at radius 1 is 1.53 bits per heavy atom. The first-order valence-corrected chi connectivity index (χ1v) is 5.14. The highest BCUT2D eigenvalue weighted by Crippen LogP contribution is 1.93. The predicted octanol–water partition coefficient (Wildman–Crippen LogP) is 0.680. The third-order valence-electron chi connectivity index (χ3n) is 2.10. The first-order valence-electron chi connectivity index (χ1n) is 5.14. The number of hydrogen-bond donors (Lipinski definition) is 1. The molecular weight excluding hydrogens is 194 g/mol. The van der Waals surface area contributed by atoms with Crippen LogP contribution in [0.1, 0.15) is 13.3 Å². The maximum absolute atomic E-state index is 10.6. The smallest absolute Gasteiger partial charge is 0.317 e. The molecule has 0 aliphatic carbocycles. The molecule has 5 heteroatoms. The van der Waals surface area contributed by atoms with Gasteiger partial charge in [0.1, 0.15) is 0 Å². The molecule has 0 bridgehead atoms. The topological polar surface area (TPSA) is 58.4 Å². The molecule has 0 fully saturated rings. The van der Waals surface area contributed by atoms with Crippen molar-refractivity contribution in [3.8, 4) is 0 Å². The van der Waals surface area contributed by atoms with Crippen molar-refractivity contribution in [2.45, 2.75) is 19.9 Å². The maximum Gasteiger partial charge on any atom is 0.317 e. The van der Waals surface area contributed by atoms with Crippen LogP contribution in [0.2, 0.25) is 0 Å². The third kappa shape index (κ3) is 4.60. The van der Waals surface area contributed by atoms with Gasteiger partial charge in [-0.3, -0.25) is 14.4 Å². The molecule has 0 aliphatic heterocycles. The van der Waals surface area contributed by atoms with Crippen molar-refractivity contribution in [2.75, 3.05) is 19.6 Å². The number of aliphatic carboxylic acids is 1. The van der Waals surface area contributed by atoms with Crippen LogP contribution in [0, 0.1) is 0 Å². The van der Waals surface area contributed by atoms with Crippen LogP contribution >= 0.6 is 0 Å². The lowest BCUT2D eigenvalue weighted by Crippen LogP contribution is -2.33. The summed E-state index contributed by atoms with van der Waals surface area (Å²) in [7, 11) is 0. The molecule has 0 saturated heterocycles. The highest BCUT2D eigenvalue weighted by molar-refractivity contribution is 5.69. The van der Waals surface area contributed by atoms with Crippen LogP contribution in [0.25, 0.3) is 0 Å². The minimum atomic E-state index is -0.774. The summed E-state index contributed by atoms with van der Waals surface area (Å²) in [4.78, 5) is 12.5. The van der Waals surface area contributed by atoms with Crippen molar-refractivity contribution in [3.05, 3.63) is 18.5 Å². The second-order valence-corrected chi connectivity index (χ2v) is 3.44. The highest BCUT2D eigenvalue weighted by Gasteiger charge is 2.08. The van der Waals surface area contributed by atoms with Crippen LogP contribution in [0.3, 0.4) is 0 Å². The lowest BCUT2D eigenvalue weighted by molar-refractivity contribution is -0.138. The number of nitrogens with zero attached hydrogens (tertiary/aromatic N) is 3. The average Bonchev–Trinajstić information content (AvgIpc) is 2.66. The van der Waals surface area contributed by atoms with Gasteiger partial charge in [0.2, 0.25) is 0 Å². The van der Waals surface area contributed by atoms with Crippen molar-refractivity contribution in [2.24, 2.45) is 0 Å². The van der Waals surface area contributed by atoms with E-state index in [-0.39, 0.29) is 6.54 Å². The fraction of sp³-hybridized carbons (Fsp3) is 0.600. The zero-order valence-electron chi connectivity index (χ0n) is 8.96. The lowest BCUT2D eigenvalue weighted by atomic mass is 10.4. The SMILES string of the molecule is CCCN(CCn1cccn1)CC(=O)O. The Morgan fingerprint density at radius 3 is 2.87 bits per heavy atom. The lowest BCUT2D eigenvalue weighted by Gasteiger charge is -2.18. The molecule has 1 heterocycles. The van der Waals surface area contributed by atoms with Gasteiger partial charge < -0.3 is 5.11 Å². The Hall–Kier alpha value is -1.36. The van der Waals surface area contributed by atoms with E-state index in [4.69, 9.17) is 5.11 Å². The Bertz CT molecular complexity index is 285. The van der Waals surface area contributed by atoms with Gasteiger partial charge in [-0.05, 0) is 19.0 Å². The molecular formula is C10H17N3O2. The molecule has 0 atom stereocenters. The van der Waals surface area contributed by atoms with Crippen molar-refractivity contribution in [3.63, 3.8) is 0 Å². The van der Waals surface area contributed by atoms with E-state index in [2.05, 4.69) is 5.10 Å². The van der Waals surface area contributed by atoms with Gasteiger partial charge in [-0.15, -0.1) is 0 Å². The van der Waals surface area contributed by atoms with E-state index in [9.17, 15) is 4.79 Å².